The number of aliphatic carboxylic acids is 1. The molecule has 0 aliphatic carbocycles. The maximum Gasteiger partial charge on any atom is 0.326 e. The van der Waals surface area contributed by atoms with Crippen LogP contribution in [0.4, 0.5) is 0 Å². The summed E-state index contributed by atoms with van der Waals surface area (Å²) in [5, 5.41) is 10.8. The first kappa shape index (κ1) is 16.6. The average Bonchev–Trinajstić information content (AvgIpc) is 2.36. The third-order valence-corrected chi connectivity index (χ3v) is 2.02. The Bertz CT molecular complexity index is 380. The number of nitrogens with one attached hydrogen (secondary N) is 1. The maximum absolute atomic E-state index is 10.5. The molecule has 1 atom stereocenters. The van der Waals surface area contributed by atoms with E-state index in [9.17, 15) is 14.4 Å². The molecule has 0 aliphatic heterocycles. The molecule has 0 aliphatic rings. The highest BCUT2D eigenvalue weighted by Gasteiger charge is 2.18. The molecular weight excluding hydrogens is 248 g/mol. The predicted molar refractivity (Wildman–Crippen MR) is 70.1 cm³/mol. The number of carboxylic acid groups (broad SMARTS) is 1. The van der Waals surface area contributed by atoms with Crippen LogP contribution in [0.2, 0.25) is 0 Å². The molecule has 1 aromatic carbocycles. The molecule has 0 heterocycles. The lowest BCUT2D eigenvalue weighted by molar-refractivity contribution is -0.141. The number of hydrogen-bond acceptors (Lipinski definition) is 3. The molecule has 6 heteroatoms. The van der Waals surface area contributed by atoms with Gasteiger partial charge in [0.2, 0.25) is 11.8 Å². The highest BCUT2D eigenvalue weighted by atomic mass is 16.4. The SMILES string of the molecule is CC(=O)NC(CCC(N)=O)C(=O)O.c1ccccc1. The van der Waals surface area contributed by atoms with Crippen LogP contribution in [0.5, 0.6) is 0 Å². The van der Waals surface area contributed by atoms with Gasteiger partial charge in [0, 0.05) is 13.3 Å². The summed E-state index contributed by atoms with van der Waals surface area (Å²) >= 11 is 0. The zero-order chi connectivity index (χ0) is 14.7. The predicted octanol–water partition coefficient (Wildman–Crippen LogP) is 0.528. The minimum absolute atomic E-state index is 0.0181. The monoisotopic (exact) mass is 266 g/mol. The summed E-state index contributed by atoms with van der Waals surface area (Å²) in [4.78, 5) is 31.3. The van der Waals surface area contributed by atoms with Crippen LogP contribution in [-0.4, -0.2) is 28.9 Å². The summed E-state index contributed by atoms with van der Waals surface area (Å²) in [5.74, 6) is -2.20. The summed E-state index contributed by atoms with van der Waals surface area (Å²) in [5.41, 5.74) is 4.83. The number of primary amides is 1. The molecule has 0 aromatic heterocycles. The van der Waals surface area contributed by atoms with E-state index in [0.717, 1.165) is 0 Å². The second-order valence-corrected chi connectivity index (χ2v) is 3.75. The molecule has 2 amide bonds. The summed E-state index contributed by atoms with van der Waals surface area (Å²) < 4.78 is 0. The Morgan fingerprint density at radius 2 is 1.53 bits per heavy atom. The number of hydrogen-bond donors (Lipinski definition) is 3. The number of carboxylic acids is 1. The molecule has 104 valence electrons. The fourth-order valence-corrected chi connectivity index (χ4v) is 1.17. The van der Waals surface area contributed by atoms with Gasteiger partial charge in [-0.3, -0.25) is 9.59 Å². The first-order chi connectivity index (χ1) is 8.93. The van der Waals surface area contributed by atoms with E-state index in [2.05, 4.69) is 5.32 Å². The van der Waals surface area contributed by atoms with Crippen molar-refractivity contribution < 1.29 is 19.5 Å². The summed E-state index contributed by atoms with van der Waals surface area (Å²) in [7, 11) is 0. The van der Waals surface area contributed by atoms with E-state index in [1.807, 2.05) is 36.4 Å². The van der Waals surface area contributed by atoms with Crippen LogP contribution in [0.15, 0.2) is 36.4 Å². The number of amides is 2. The minimum atomic E-state index is -1.17. The van der Waals surface area contributed by atoms with Gasteiger partial charge in [0.15, 0.2) is 0 Å². The van der Waals surface area contributed by atoms with Crippen LogP contribution in [0.25, 0.3) is 0 Å². The highest BCUT2D eigenvalue weighted by Crippen LogP contribution is 1.96. The molecule has 19 heavy (non-hydrogen) atoms. The van der Waals surface area contributed by atoms with Crippen molar-refractivity contribution in [1.82, 2.24) is 5.32 Å². The Morgan fingerprint density at radius 3 is 1.79 bits per heavy atom. The largest absolute Gasteiger partial charge is 0.480 e. The highest BCUT2D eigenvalue weighted by molar-refractivity contribution is 5.83. The molecule has 0 fully saturated rings. The molecule has 4 N–H and O–H groups in total. The van der Waals surface area contributed by atoms with Crippen molar-refractivity contribution in [3.8, 4) is 0 Å². The Labute approximate surface area is 111 Å². The van der Waals surface area contributed by atoms with Gasteiger partial charge in [-0.15, -0.1) is 0 Å². The van der Waals surface area contributed by atoms with Crippen molar-refractivity contribution in [3.63, 3.8) is 0 Å². The first-order valence-corrected chi connectivity index (χ1v) is 5.71. The van der Waals surface area contributed by atoms with Crippen molar-refractivity contribution in [2.45, 2.75) is 25.8 Å². The van der Waals surface area contributed by atoms with Gasteiger partial charge >= 0.3 is 5.97 Å². The summed E-state index contributed by atoms with van der Waals surface area (Å²) in [6.07, 6.45) is -0.0402. The Balaban J connectivity index is 0.000000443. The normalized spacial score (nSPS) is 10.6. The van der Waals surface area contributed by atoms with Crippen LogP contribution in [0, 0.1) is 0 Å². The van der Waals surface area contributed by atoms with Crippen LogP contribution >= 0.6 is 0 Å². The number of nitrogens with two attached hydrogens (primary N) is 1. The van der Waals surface area contributed by atoms with Crippen molar-refractivity contribution in [2.24, 2.45) is 5.73 Å². The molecule has 1 rings (SSSR count). The van der Waals surface area contributed by atoms with Crippen molar-refractivity contribution in [2.75, 3.05) is 0 Å². The molecule has 0 radical (unpaired) electrons. The van der Waals surface area contributed by atoms with E-state index in [4.69, 9.17) is 10.8 Å². The van der Waals surface area contributed by atoms with Crippen LogP contribution < -0.4 is 11.1 Å². The topological polar surface area (TPSA) is 109 Å². The van der Waals surface area contributed by atoms with Gasteiger partial charge in [-0.1, -0.05) is 36.4 Å². The fraction of sp³-hybridized carbons (Fsp3) is 0.308. The Hall–Kier alpha value is -2.37. The molecule has 0 bridgehead atoms. The third kappa shape index (κ3) is 10.5. The Morgan fingerprint density at radius 1 is 1.11 bits per heavy atom. The minimum Gasteiger partial charge on any atom is -0.480 e. The number of benzene rings is 1. The molecule has 1 aromatic rings. The second kappa shape index (κ2) is 9.64. The van der Waals surface area contributed by atoms with Crippen molar-refractivity contribution in [1.29, 1.82) is 0 Å². The second-order valence-electron chi connectivity index (χ2n) is 3.75. The lowest BCUT2D eigenvalue weighted by Gasteiger charge is -2.11. The van der Waals surface area contributed by atoms with E-state index in [-0.39, 0.29) is 12.8 Å². The van der Waals surface area contributed by atoms with Crippen LogP contribution in [-0.2, 0) is 14.4 Å². The van der Waals surface area contributed by atoms with E-state index in [0.29, 0.717) is 0 Å². The molecule has 6 nitrogen and oxygen atoms in total. The van der Waals surface area contributed by atoms with Crippen LogP contribution in [0.1, 0.15) is 19.8 Å². The standard InChI is InChI=1S/C7H12N2O4.C6H6/c1-4(10)9-5(7(12)13)2-3-6(8)11;1-2-4-6-5-3-1/h5H,2-3H2,1H3,(H2,8,11)(H,9,10)(H,12,13);1-6H. The molecule has 1 unspecified atom stereocenters. The van der Waals surface area contributed by atoms with Crippen LogP contribution in [0.3, 0.4) is 0 Å². The summed E-state index contributed by atoms with van der Waals surface area (Å²) in [6, 6.07) is 11.0. The lowest BCUT2D eigenvalue weighted by Crippen LogP contribution is -2.40. The van der Waals surface area contributed by atoms with Gasteiger partial charge in [0.25, 0.3) is 0 Å². The molecule has 0 saturated carbocycles. The zero-order valence-electron chi connectivity index (χ0n) is 10.7. The third-order valence-electron chi connectivity index (χ3n) is 2.02. The van der Waals surface area contributed by atoms with Gasteiger partial charge in [-0.2, -0.15) is 0 Å². The fourth-order valence-electron chi connectivity index (χ4n) is 1.17. The number of rotatable bonds is 5. The zero-order valence-corrected chi connectivity index (χ0v) is 10.7. The van der Waals surface area contributed by atoms with E-state index in [1.165, 1.54) is 6.92 Å². The maximum atomic E-state index is 10.5. The van der Waals surface area contributed by atoms with E-state index < -0.39 is 23.8 Å². The molecule has 0 saturated heterocycles. The number of carbonyl (C=O) groups is 3. The van der Waals surface area contributed by atoms with Crippen molar-refractivity contribution in [3.05, 3.63) is 36.4 Å². The quantitative estimate of drug-likeness (QED) is 0.722. The van der Waals surface area contributed by atoms with Gasteiger partial charge in [0.1, 0.15) is 6.04 Å². The Kier molecular flexibility index (Phi) is 8.44. The molecule has 0 spiro atoms. The first-order valence-electron chi connectivity index (χ1n) is 5.71. The van der Waals surface area contributed by atoms with Gasteiger partial charge < -0.3 is 16.2 Å². The van der Waals surface area contributed by atoms with Gasteiger partial charge in [-0.25, -0.2) is 4.79 Å². The van der Waals surface area contributed by atoms with Crippen molar-refractivity contribution >= 4 is 17.8 Å². The van der Waals surface area contributed by atoms with Gasteiger partial charge in [-0.05, 0) is 6.42 Å². The smallest absolute Gasteiger partial charge is 0.326 e. The number of carbonyl (C=O) groups excluding carboxylic acids is 2. The molecular formula is C13H18N2O4. The summed E-state index contributed by atoms with van der Waals surface area (Å²) in [6.45, 7) is 1.21. The lowest BCUT2D eigenvalue weighted by atomic mass is 10.1. The average molecular weight is 266 g/mol. The van der Waals surface area contributed by atoms with Gasteiger partial charge in [0.05, 0.1) is 0 Å². The van der Waals surface area contributed by atoms with E-state index >= 15 is 0 Å². The van der Waals surface area contributed by atoms with E-state index in [1.54, 1.807) is 0 Å².